The number of nitrogens with one attached hydrogen (secondary N) is 1. The van der Waals surface area contributed by atoms with Crippen molar-refractivity contribution in [2.45, 2.75) is 56.5 Å². The van der Waals surface area contributed by atoms with Crippen molar-refractivity contribution in [1.82, 2.24) is 9.62 Å². The highest BCUT2D eigenvalue weighted by molar-refractivity contribution is 7.89. The van der Waals surface area contributed by atoms with Crippen molar-refractivity contribution in [2.75, 3.05) is 11.4 Å². The number of anilines is 1. The number of hydrogen-bond donors (Lipinski definition) is 1. The number of urea groups is 1. The maximum Gasteiger partial charge on any atom is 0.332 e. The van der Waals surface area contributed by atoms with Gasteiger partial charge < -0.3 is 4.90 Å². The van der Waals surface area contributed by atoms with Gasteiger partial charge in [-0.2, -0.15) is 0 Å². The Balaban J connectivity index is 1.94. The molecule has 3 rings (SSSR count). The SMILES string of the molecule is CC(C)(C)NS(=O)(=O)c1cccc(N2C(=O)C3CCCCN3C2=O)c1. The molecule has 1 aromatic carbocycles. The molecular weight excluding hydrogens is 342 g/mol. The smallest absolute Gasteiger partial charge is 0.312 e. The molecule has 1 unspecified atom stereocenters. The fraction of sp³-hybridized carbons (Fsp3) is 0.529. The van der Waals surface area contributed by atoms with Gasteiger partial charge in [0.2, 0.25) is 10.0 Å². The van der Waals surface area contributed by atoms with Crippen molar-refractivity contribution in [2.24, 2.45) is 0 Å². The number of benzene rings is 1. The van der Waals surface area contributed by atoms with Crippen LogP contribution in [0.15, 0.2) is 29.2 Å². The van der Waals surface area contributed by atoms with E-state index in [-0.39, 0.29) is 16.8 Å². The summed E-state index contributed by atoms with van der Waals surface area (Å²) >= 11 is 0. The van der Waals surface area contributed by atoms with Crippen molar-refractivity contribution >= 4 is 27.6 Å². The molecule has 3 amide bonds. The minimum absolute atomic E-state index is 0.0328. The van der Waals surface area contributed by atoms with E-state index in [0.717, 1.165) is 17.7 Å². The average molecular weight is 365 g/mol. The second-order valence-corrected chi connectivity index (χ2v) is 9.20. The largest absolute Gasteiger partial charge is 0.332 e. The monoisotopic (exact) mass is 365 g/mol. The fourth-order valence-corrected chi connectivity index (χ4v) is 4.74. The zero-order valence-corrected chi connectivity index (χ0v) is 15.5. The second kappa shape index (κ2) is 6.10. The third-order valence-electron chi connectivity index (χ3n) is 4.27. The number of rotatable bonds is 3. The lowest BCUT2D eigenvalue weighted by molar-refractivity contribution is -0.120. The van der Waals surface area contributed by atoms with Gasteiger partial charge in [0.05, 0.1) is 10.6 Å². The third kappa shape index (κ3) is 3.41. The molecule has 2 saturated heterocycles. The van der Waals surface area contributed by atoms with Crippen LogP contribution < -0.4 is 9.62 Å². The second-order valence-electron chi connectivity index (χ2n) is 7.51. The summed E-state index contributed by atoms with van der Waals surface area (Å²) in [6, 6.07) is 5.18. The van der Waals surface area contributed by atoms with E-state index in [9.17, 15) is 18.0 Å². The summed E-state index contributed by atoms with van der Waals surface area (Å²) < 4.78 is 27.6. The zero-order chi connectivity index (χ0) is 18.4. The first-order valence-electron chi connectivity index (χ1n) is 8.39. The predicted octanol–water partition coefficient (Wildman–Crippen LogP) is 2.08. The Morgan fingerprint density at radius 3 is 2.52 bits per heavy atom. The Morgan fingerprint density at radius 2 is 1.88 bits per heavy atom. The standard InChI is InChI=1S/C17H23N3O4S/c1-17(2,3)18-25(23,24)13-8-6-7-12(11-13)20-15(21)14-9-4-5-10-19(14)16(20)22/h6-8,11,14,18H,4-5,9-10H2,1-3H3. The molecule has 1 aromatic rings. The number of piperidine rings is 1. The van der Waals surface area contributed by atoms with Crippen molar-refractivity contribution in [3.63, 3.8) is 0 Å². The van der Waals surface area contributed by atoms with Crippen LogP contribution in [-0.4, -0.2) is 43.4 Å². The lowest BCUT2D eigenvalue weighted by Crippen LogP contribution is -2.40. The molecule has 0 spiro atoms. The molecule has 2 aliphatic rings. The highest BCUT2D eigenvalue weighted by atomic mass is 32.2. The molecule has 1 N–H and O–H groups in total. The fourth-order valence-electron chi connectivity index (χ4n) is 3.28. The van der Waals surface area contributed by atoms with Crippen LogP contribution in [0, 0.1) is 0 Å². The number of carbonyl (C=O) groups excluding carboxylic acids is 2. The molecule has 8 heteroatoms. The summed E-state index contributed by atoms with van der Waals surface area (Å²) in [7, 11) is -3.74. The molecule has 0 aliphatic carbocycles. The van der Waals surface area contributed by atoms with Crippen LogP contribution >= 0.6 is 0 Å². The third-order valence-corrected chi connectivity index (χ3v) is 6.03. The van der Waals surface area contributed by atoms with Crippen LogP contribution in [0.4, 0.5) is 10.5 Å². The Hall–Kier alpha value is -1.93. The summed E-state index contributed by atoms with van der Waals surface area (Å²) in [5.74, 6) is -0.275. The van der Waals surface area contributed by atoms with Gasteiger partial charge in [-0.1, -0.05) is 6.07 Å². The first-order chi connectivity index (χ1) is 11.6. The molecule has 0 radical (unpaired) electrons. The summed E-state index contributed by atoms with van der Waals surface area (Å²) in [5.41, 5.74) is -0.337. The first-order valence-corrected chi connectivity index (χ1v) is 9.87. The highest BCUT2D eigenvalue weighted by Crippen LogP contribution is 2.31. The van der Waals surface area contributed by atoms with E-state index in [2.05, 4.69) is 4.72 Å². The Kier molecular flexibility index (Phi) is 4.36. The van der Waals surface area contributed by atoms with Crippen LogP contribution in [0.3, 0.4) is 0 Å². The van der Waals surface area contributed by atoms with E-state index in [1.165, 1.54) is 12.1 Å². The lowest BCUT2D eigenvalue weighted by Gasteiger charge is -2.26. The molecule has 0 bridgehead atoms. The molecule has 7 nitrogen and oxygen atoms in total. The lowest BCUT2D eigenvalue weighted by atomic mass is 10.0. The van der Waals surface area contributed by atoms with E-state index in [1.807, 2.05) is 0 Å². The maximum atomic E-state index is 12.6. The van der Waals surface area contributed by atoms with Gasteiger partial charge in [0.25, 0.3) is 5.91 Å². The van der Waals surface area contributed by atoms with Crippen molar-refractivity contribution in [1.29, 1.82) is 0 Å². The Bertz CT molecular complexity index is 789. The average Bonchev–Trinajstić information content (AvgIpc) is 2.77. The molecule has 0 aromatic heterocycles. The van der Waals surface area contributed by atoms with Gasteiger partial charge in [-0.15, -0.1) is 0 Å². The Morgan fingerprint density at radius 1 is 1.16 bits per heavy atom. The zero-order valence-electron chi connectivity index (χ0n) is 14.7. The normalized spacial score (nSPS) is 21.6. The number of amides is 3. The summed E-state index contributed by atoms with van der Waals surface area (Å²) in [6.45, 7) is 5.81. The van der Waals surface area contributed by atoms with Gasteiger partial charge in [-0.05, 0) is 58.2 Å². The van der Waals surface area contributed by atoms with Gasteiger partial charge in [0.15, 0.2) is 0 Å². The van der Waals surface area contributed by atoms with Crippen LogP contribution in [-0.2, 0) is 14.8 Å². The van der Waals surface area contributed by atoms with E-state index >= 15 is 0 Å². The van der Waals surface area contributed by atoms with Crippen LogP contribution in [0.25, 0.3) is 0 Å². The minimum atomic E-state index is -3.74. The molecule has 2 fully saturated rings. The van der Waals surface area contributed by atoms with Crippen molar-refractivity contribution < 1.29 is 18.0 Å². The van der Waals surface area contributed by atoms with Gasteiger partial charge in [-0.25, -0.2) is 22.8 Å². The number of hydrogen-bond acceptors (Lipinski definition) is 4. The summed E-state index contributed by atoms with van der Waals surface area (Å²) in [4.78, 5) is 28.0. The number of fused-ring (bicyclic) bond motifs is 1. The van der Waals surface area contributed by atoms with Crippen molar-refractivity contribution in [3.05, 3.63) is 24.3 Å². The predicted molar refractivity (Wildman–Crippen MR) is 93.7 cm³/mol. The summed E-state index contributed by atoms with van der Waals surface area (Å²) in [5, 5.41) is 0. The molecule has 1 atom stereocenters. The van der Waals surface area contributed by atoms with E-state index in [0.29, 0.717) is 18.7 Å². The van der Waals surface area contributed by atoms with Gasteiger partial charge >= 0.3 is 6.03 Å². The number of sulfonamides is 1. The molecule has 25 heavy (non-hydrogen) atoms. The summed E-state index contributed by atoms with van der Waals surface area (Å²) in [6.07, 6.45) is 2.45. The molecule has 2 heterocycles. The quantitative estimate of drug-likeness (QED) is 0.831. The van der Waals surface area contributed by atoms with Crippen LogP contribution in [0.5, 0.6) is 0 Å². The van der Waals surface area contributed by atoms with Gasteiger partial charge in [-0.3, -0.25) is 4.79 Å². The van der Waals surface area contributed by atoms with Crippen LogP contribution in [0.1, 0.15) is 40.0 Å². The number of carbonyl (C=O) groups is 2. The van der Waals surface area contributed by atoms with Gasteiger partial charge in [0, 0.05) is 12.1 Å². The van der Waals surface area contributed by atoms with E-state index in [4.69, 9.17) is 0 Å². The van der Waals surface area contributed by atoms with Gasteiger partial charge in [0.1, 0.15) is 6.04 Å². The van der Waals surface area contributed by atoms with Crippen molar-refractivity contribution in [3.8, 4) is 0 Å². The molecule has 136 valence electrons. The molecular formula is C17H23N3O4S. The van der Waals surface area contributed by atoms with E-state index in [1.54, 1.807) is 37.8 Å². The highest BCUT2D eigenvalue weighted by Gasteiger charge is 2.46. The molecule has 2 aliphatic heterocycles. The minimum Gasteiger partial charge on any atom is -0.312 e. The number of nitrogens with zero attached hydrogens (tertiary/aromatic N) is 2. The Labute approximate surface area is 148 Å². The number of imide groups is 1. The van der Waals surface area contributed by atoms with Crippen LogP contribution in [0.2, 0.25) is 0 Å². The first kappa shape index (κ1) is 17.9. The molecule has 0 saturated carbocycles. The topological polar surface area (TPSA) is 86.8 Å². The van der Waals surface area contributed by atoms with E-state index < -0.39 is 21.6 Å². The maximum absolute atomic E-state index is 12.6.